The lowest BCUT2D eigenvalue weighted by atomic mass is 9.97. The SMILES string of the molecule is CC1CCNCC1OCc1ccc([N+](=O)[O-])o1. The maximum atomic E-state index is 10.4. The molecular weight excluding hydrogens is 224 g/mol. The van der Waals surface area contributed by atoms with Gasteiger partial charge in [0.2, 0.25) is 0 Å². The van der Waals surface area contributed by atoms with E-state index in [1.165, 1.54) is 6.07 Å². The third-order valence-electron chi connectivity index (χ3n) is 3.02. The van der Waals surface area contributed by atoms with E-state index in [2.05, 4.69) is 12.2 Å². The quantitative estimate of drug-likeness (QED) is 0.640. The summed E-state index contributed by atoms with van der Waals surface area (Å²) in [5.74, 6) is 0.758. The van der Waals surface area contributed by atoms with E-state index in [0.29, 0.717) is 11.7 Å². The van der Waals surface area contributed by atoms with E-state index in [4.69, 9.17) is 9.15 Å². The second-order valence-electron chi connectivity index (χ2n) is 4.32. The fourth-order valence-corrected chi connectivity index (χ4v) is 1.92. The molecule has 2 heterocycles. The molecule has 94 valence electrons. The average molecular weight is 240 g/mol. The van der Waals surface area contributed by atoms with Crippen molar-refractivity contribution < 1.29 is 14.1 Å². The summed E-state index contributed by atoms with van der Waals surface area (Å²) in [6, 6.07) is 2.93. The first-order valence-corrected chi connectivity index (χ1v) is 5.72. The minimum absolute atomic E-state index is 0.146. The molecule has 1 aromatic rings. The van der Waals surface area contributed by atoms with Crippen molar-refractivity contribution in [1.29, 1.82) is 0 Å². The summed E-state index contributed by atoms with van der Waals surface area (Å²) in [6.07, 6.45) is 1.23. The number of nitro groups is 1. The average Bonchev–Trinajstić information content (AvgIpc) is 2.77. The molecule has 0 aromatic carbocycles. The molecule has 6 heteroatoms. The molecule has 6 nitrogen and oxygen atoms in total. The van der Waals surface area contributed by atoms with Crippen LogP contribution in [0.5, 0.6) is 0 Å². The molecule has 1 aromatic heterocycles. The van der Waals surface area contributed by atoms with Gasteiger partial charge in [-0.3, -0.25) is 10.1 Å². The first-order chi connectivity index (χ1) is 8.16. The van der Waals surface area contributed by atoms with Crippen molar-refractivity contribution in [2.75, 3.05) is 13.1 Å². The Hall–Kier alpha value is -1.40. The van der Waals surface area contributed by atoms with Gasteiger partial charge in [-0.1, -0.05) is 6.92 Å². The van der Waals surface area contributed by atoms with Gasteiger partial charge in [-0.2, -0.15) is 0 Å². The van der Waals surface area contributed by atoms with Gasteiger partial charge in [0.05, 0.1) is 12.2 Å². The van der Waals surface area contributed by atoms with Crippen LogP contribution < -0.4 is 5.32 Å². The fourth-order valence-electron chi connectivity index (χ4n) is 1.92. The second kappa shape index (κ2) is 5.29. The molecule has 0 bridgehead atoms. The highest BCUT2D eigenvalue weighted by Crippen LogP contribution is 2.19. The van der Waals surface area contributed by atoms with Crippen LogP contribution in [-0.4, -0.2) is 24.1 Å². The van der Waals surface area contributed by atoms with Crippen LogP contribution >= 0.6 is 0 Å². The van der Waals surface area contributed by atoms with Gasteiger partial charge < -0.3 is 14.5 Å². The van der Waals surface area contributed by atoms with E-state index in [0.717, 1.165) is 19.5 Å². The molecule has 2 unspecified atom stereocenters. The lowest BCUT2D eigenvalue weighted by Crippen LogP contribution is -2.40. The summed E-state index contributed by atoms with van der Waals surface area (Å²) in [4.78, 5) is 9.89. The highest BCUT2D eigenvalue weighted by Gasteiger charge is 2.22. The first-order valence-electron chi connectivity index (χ1n) is 5.72. The minimum Gasteiger partial charge on any atom is -0.403 e. The zero-order chi connectivity index (χ0) is 12.3. The van der Waals surface area contributed by atoms with Crippen LogP contribution in [0.2, 0.25) is 0 Å². The molecule has 2 rings (SSSR count). The molecule has 1 aliphatic rings. The Morgan fingerprint density at radius 1 is 1.65 bits per heavy atom. The second-order valence-corrected chi connectivity index (χ2v) is 4.32. The van der Waals surface area contributed by atoms with E-state index in [-0.39, 0.29) is 18.6 Å². The number of piperidine rings is 1. The van der Waals surface area contributed by atoms with Gasteiger partial charge in [0.25, 0.3) is 0 Å². The number of hydrogen-bond donors (Lipinski definition) is 1. The molecule has 2 atom stereocenters. The van der Waals surface area contributed by atoms with Crippen LogP contribution in [0.4, 0.5) is 5.88 Å². The van der Waals surface area contributed by atoms with Crippen molar-refractivity contribution in [2.45, 2.75) is 26.1 Å². The van der Waals surface area contributed by atoms with Crippen LogP contribution in [0.3, 0.4) is 0 Å². The normalized spacial score (nSPS) is 24.8. The van der Waals surface area contributed by atoms with Crippen molar-refractivity contribution >= 4 is 5.88 Å². The Kier molecular flexibility index (Phi) is 3.75. The number of rotatable bonds is 4. The highest BCUT2D eigenvalue weighted by atomic mass is 16.6. The van der Waals surface area contributed by atoms with Gasteiger partial charge >= 0.3 is 5.88 Å². The summed E-state index contributed by atoms with van der Waals surface area (Å²) < 4.78 is 10.7. The maximum absolute atomic E-state index is 10.4. The van der Waals surface area contributed by atoms with Crippen molar-refractivity contribution in [3.8, 4) is 0 Å². The van der Waals surface area contributed by atoms with Crippen molar-refractivity contribution in [1.82, 2.24) is 5.32 Å². The Bertz CT molecular complexity index is 391. The Morgan fingerprint density at radius 3 is 3.12 bits per heavy atom. The Morgan fingerprint density at radius 2 is 2.47 bits per heavy atom. The molecule has 0 radical (unpaired) electrons. The smallest absolute Gasteiger partial charge is 0.403 e. The van der Waals surface area contributed by atoms with Crippen molar-refractivity contribution in [2.24, 2.45) is 5.92 Å². The number of nitrogens with one attached hydrogen (secondary N) is 1. The molecule has 0 amide bonds. The predicted molar refractivity (Wildman–Crippen MR) is 60.6 cm³/mol. The van der Waals surface area contributed by atoms with E-state index in [9.17, 15) is 10.1 Å². The zero-order valence-corrected chi connectivity index (χ0v) is 9.72. The monoisotopic (exact) mass is 240 g/mol. The molecule has 1 fully saturated rings. The molecule has 1 saturated heterocycles. The minimum atomic E-state index is -0.547. The molecule has 1 aliphatic heterocycles. The van der Waals surface area contributed by atoms with Crippen molar-refractivity contribution in [3.05, 3.63) is 28.0 Å². The largest absolute Gasteiger partial charge is 0.433 e. The lowest BCUT2D eigenvalue weighted by Gasteiger charge is -2.29. The van der Waals surface area contributed by atoms with E-state index < -0.39 is 4.92 Å². The topological polar surface area (TPSA) is 77.5 Å². The molecule has 0 aliphatic carbocycles. The number of furan rings is 1. The number of hydrogen-bond acceptors (Lipinski definition) is 5. The first kappa shape index (κ1) is 12.1. The van der Waals surface area contributed by atoms with Crippen LogP contribution in [0.25, 0.3) is 0 Å². The Balaban J connectivity index is 1.86. The zero-order valence-electron chi connectivity index (χ0n) is 9.72. The fraction of sp³-hybridized carbons (Fsp3) is 0.636. The van der Waals surface area contributed by atoms with Gasteiger partial charge in [-0.05, 0) is 24.9 Å². The summed E-state index contributed by atoms with van der Waals surface area (Å²) in [5.41, 5.74) is 0. The summed E-state index contributed by atoms with van der Waals surface area (Å²) >= 11 is 0. The molecular formula is C11H16N2O4. The number of ether oxygens (including phenoxy) is 1. The highest BCUT2D eigenvalue weighted by molar-refractivity contribution is 5.17. The van der Waals surface area contributed by atoms with Crippen LogP contribution in [0.15, 0.2) is 16.5 Å². The number of nitrogens with zero attached hydrogens (tertiary/aromatic N) is 1. The van der Waals surface area contributed by atoms with Gasteiger partial charge in [-0.25, -0.2) is 0 Å². The Labute approximate surface area is 99.1 Å². The molecule has 1 N–H and O–H groups in total. The van der Waals surface area contributed by atoms with E-state index in [1.807, 2.05) is 0 Å². The van der Waals surface area contributed by atoms with Gasteiger partial charge in [0, 0.05) is 6.54 Å². The van der Waals surface area contributed by atoms with Crippen LogP contribution in [-0.2, 0) is 11.3 Å². The third-order valence-corrected chi connectivity index (χ3v) is 3.02. The standard InChI is InChI=1S/C11H16N2O4/c1-8-4-5-12-6-10(8)16-7-9-2-3-11(17-9)13(14)15/h2-3,8,10,12H,4-7H2,1H3. The summed E-state index contributed by atoms with van der Waals surface area (Å²) in [7, 11) is 0. The summed E-state index contributed by atoms with van der Waals surface area (Å²) in [6.45, 7) is 4.28. The van der Waals surface area contributed by atoms with Crippen molar-refractivity contribution in [3.63, 3.8) is 0 Å². The molecule has 0 saturated carbocycles. The summed E-state index contributed by atoms with van der Waals surface area (Å²) in [5, 5.41) is 13.7. The van der Waals surface area contributed by atoms with E-state index >= 15 is 0 Å². The molecule has 0 spiro atoms. The predicted octanol–water partition coefficient (Wildman–Crippen LogP) is 1.70. The van der Waals surface area contributed by atoms with Crippen LogP contribution in [0.1, 0.15) is 19.1 Å². The van der Waals surface area contributed by atoms with Gasteiger partial charge in [0.1, 0.15) is 17.3 Å². The van der Waals surface area contributed by atoms with Crippen LogP contribution in [0, 0.1) is 16.0 Å². The van der Waals surface area contributed by atoms with Gasteiger partial charge in [0.15, 0.2) is 0 Å². The molecule has 17 heavy (non-hydrogen) atoms. The lowest BCUT2D eigenvalue weighted by molar-refractivity contribution is -0.402. The van der Waals surface area contributed by atoms with E-state index in [1.54, 1.807) is 6.07 Å². The third kappa shape index (κ3) is 3.04. The van der Waals surface area contributed by atoms with Gasteiger partial charge in [-0.15, -0.1) is 0 Å². The maximum Gasteiger partial charge on any atom is 0.433 e.